The second kappa shape index (κ2) is 7.41. The van der Waals surface area contributed by atoms with E-state index in [0.29, 0.717) is 18.2 Å². The SMILES string of the molecule is Clc1ccc(CN2CCC(c3nnc(Cc4c[nH]c5ccccc45)o3)C2)cc1. The number of likely N-dealkylation sites (tertiary alicyclic amines) is 1. The van der Waals surface area contributed by atoms with E-state index in [1.165, 1.54) is 16.5 Å². The number of nitrogens with one attached hydrogen (secondary N) is 1. The summed E-state index contributed by atoms with van der Waals surface area (Å²) in [5.41, 5.74) is 3.59. The van der Waals surface area contributed by atoms with Gasteiger partial charge in [-0.2, -0.15) is 0 Å². The normalized spacial score (nSPS) is 17.5. The first-order valence-corrected chi connectivity index (χ1v) is 9.96. The van der Waals surface area contributed by atoms with E-state index < -0.39 is 0 Å². The number of rotatable bonds is 5. The Bertz CT molecular complexity index is 1090. The highest BCUT2D eigenvalue weighted by Gasteiger charge is 2.28. The third kappa shape index (κ3) is 3.55. The van der Waals surface area contributed by atoms with Crippen LogP contribution in [0.15, 0.2) is 59.1 Å². The second-order valence-corrected chi connectivity index (χ2v) is 7.85. The van der Waals surface area contributed by atoms with Crippen molar-refractivity contribution < 1.29 is 4.42 Å². The highest BCUT2D eigenvalue weighted by molar-refractivity contribution is 6.30. The number of H-pyrrole nitrogens is 1. The molecule has 3 heterocycles. The smallest absolute Gasteiger partial charge is 0.221 e. The fourth-order valence-electron chi connectivity index (χ4n) is 3.97. The van der Waals surface area contributed by atoms with Gasteiger partial charge in [-0.25, -0.2) is 0 Å². The molecule has 0 spiro atoms. The van der Waals surface area contributed by atoms with Gasteiger partial charge >= 0.3 is 0 Å². The van der Waals surface area contributed by atoms with E-state index in [1.54, 1.807) is 0 Å². The number of nitrogens with zero attached hydrogens (tertiary/aromatic N) is 3. The second-order valence-electron chi connectivity index (χ2n) is 7.42. The average Bonchev–Trinajstić information content (AvgIpc) is 3.44. The molecule has 0 radical (unpaired) electrons. The Labute approximate surface area is 168 Å². The first-order valence-electron chi connectivity index (χ1n) is 9.59. The lowest BCUT2D eigenvalue weighted by Gasteiger charge is -2.15. The Morgan fingerprint density at radius 3 is 2.86 bits per heavy atom. The standard InChI is InChI=1S/C22H21ClN4O/c23-18-7-5-15(6-8-18)13-27-10-9-16(14-27)22-26-25-21(28-22)11-17-12-24-20-4-2-1-3-19(17)20/h1-8,12,16,24H,9-11,13-14H2. The van der Waals surface area contributed by atoms with Gasteiger partial charge in [0.05, 0.1) is 12.3 Å². The number of hydrogen-bond donors (Lipinski definition) is 1. The van der Waals surface area contributed by atoms with Crippen molar-refractivity contribution >= 4 is 22.5 Å². The van der Waals surface area contributed by atoms with Gasteiger partial charge in [0, 0.05) is 35.2 Å². The van der Waals surface area contributed by atoms with Crippen LogP contribution >= 0.6 is 11.6 Å². The lowest BCUT2D eigenvalue weighted by atomic mass is 10.1. The van der Waals surface area contributed by atoms with Crippen molar-refractivity contribution in [2.45, 2.75) is 25.3 Å². The molecule has 6 heteroatoms. The van der Waals surface area contributed by atoms with E-state index in [9.17, 15) is 0 Å². The molecule has 0 saturated carbocycles. The largest absolute Gasteiger partial charge is 0.425 e. The topological polar surface area (TPSA) is 58.0 Å². The molecule has 1 saturated heterocycles. The van der Waals surface area contributed by atoms with Crippen LogP contribution in [0, 0.1) is 0 Å². The minimum absolute atomic E-state index is 0.302. The highest BCUT2D eigenvalue weighted by atomic mass is 35.5. The number of hydrogen-bond acceptors (Lipinski definition) is 4. The van der Waals surface area contributed by atoms with Gasteiger partial charge in [-0.3, -0.25) is 4.90 Å². The van der Waals surface area contributed by atoms with E-state index in [1.807, 2.05) is 30.5 Å². The molecule has 5 rings (SSSR count). The van der Waals surface area contributed by atoms with Crippen LogP contribution in [0.5, 0.6) is 0 Å². The maximum Gasteiger partial charge on any atom is 0.221 e. The minimum atomic E-state index is 0.302. The van der Waals surface area contributed by atoms with Crippen LogP contribution < -0.4 is 0 Å². The zero-order chi connectivity index (χ0) is 18.9. The predicted octanol–water partition coefficient (Wildman–Crippen LogP) is 4.78. The van der Waals surface area contributed by atoms with Gasteiger partial charge < -0.3 is 9.40 Å². The zero-order valence-electron chi connectivity index (χ0n) is 15.4. The number of aromatic nitrogens is 3. The summed E-state index contributed by atoms with van der Waals surface area (Å²) in [6, 6.07) is 16.3. The quantitative estimate of drug-likeness (QED) is 0.530. The molecular weight excluding hydrogens is 372 g/mol. The molecule has 1 aliphatic rings. The molecule has 1 aliphatic heterocycles. The molecule has 0 bridgehead atoms. The molecule has 1 fully saturated rings. The molecule has 142 valence electrons. The Balaban J connectivity index is 1.24. The van der Waals surface area contributed by atoms with Crippen molar-refractivity contribution in [3.8, 4) is 0 Å². The third-order valence-electron chi connectivity index (χ3n) is 5.44. The molecule has 1 unspecified atom stereocenters. The van der Waals surface area contributed by atoms with Crippen molar-refractivity contribution in [2.75, 3.05) is 13.1 Å². The highest BCUT2D eigenvalue weighted by Crippen LogP contribution is 2.28. The van der Waals surface area contributed by atoms with Crippen molar-refractivity contribution in [1.29, 1.82) is 0 Å². The fourth-order valence-corrected chi connectivity index (χ4v) is 4.10. The Hall–Kier alpha value is -2.63. The fraction of sp³-hybridized carbons (Fsp3) is 0.273. The third-order valence-corrected chi connectivity index (χ3v) is 5.69. The molecular formula is C22H21ClN4O. The van der Waals surface area contributed by atoms with E-state index in [4.69, 9.17) is 16.0 Å². The van der Waals surface area contributed by atoms with Gasteiger partial charge in [0.2, 0.25) is 11.8 Å². The Morgan fingerprint density at radius 2 is 1.96 bits per heavy atom. The molecule has 4 aromatic rings. The zero-order valence-corrected chi connectivity index (χ0v) is 16.2. The van der Waals surface area contributed by atoms with Crippen LogP contribution in [0.3, 0.4) is 0 Å². The number of fused-ring (bicyclic) bond motifs is 1. The average molecular weight is 393 g/mol. The first kappa shape index (κ1) is 17.5. The van der Waals surface area contributed by atoms with Crippen molar-refractivity contribution in [3.63, 3.8) is 0 Å². The summed E-state index contributed by atoms with van der Waals surface area (Å²) in [5, 5.41) is 10.6. The van der Waals surface area contributed by atoms with Gasteiger partial charge in [-0.1, -0.05) is 41.9 Å². The maximum absolute atomic E-state index is 6.02. The lowest BCUT2D eigenvalue weighted by Crippen LogP contribution is -2.19. The van der Waals surface area contributed by atoms with Gasteiger partial charge in [-0.15, -0.1) is 10.2 Å². The van der Waals surface area contributed by atoms with Crippen LogP contribution in [-0.2, 0) is 13.0 Å². The van der Waals surface area contributed by atoms with Gasteiger partial charge in [-0.05, 0) is 42.3 Å². The first-order chi connectivity index (χ1) is 13.7. The summed E-state index contributed by atoms with van der Waals surface area (Å²) in [6.45, 7) is 2.90. The monoisotopic (exact) mass is 392 g/mol. The van der Waals surface area contributed by atoms with Crippen molar-refractivity contribution in [2.24, 2.45) is 0 Å². The summed E-state index contributed by atoms with van der Waals surface area (Å²) < 4.78 is 6.02. The van der Waals surface area contributed by atoms with Crippen LogP contribution in [-0.4, -0.2) is 33.2 Å². The number of aromatic amines is 1. The summed E-state index contributed by atoms with van der Waals surface area (Å²) in [7, 11) is 0. The van der Waals surface area contributed by atoms with Crippen molar-refractivity contribution in [1.82, 2.24) is 20.1 Å². The summed E-state index contributed by atoms with van der Waals surface area (Å²) in [4.78, 5) is 5.73. The number of para-hydroxylation sites is 1. The molecule has 28 heavy (non-hydrogen) atoms. The molecule has 5 nitrogen and oxygen atoms in total. The molecule has 2 aromatic heterocycles. The molecule has 1 N–H and O–H groups in total. The van der Waals surface area contributed by atoms with E-state index in [0.717, 1.165) is 42.5 Å². The minimum Gasteiger partial charge on any atom is -0.425 e. The van der Waals surface area contributed by atoms with Crippen LogP contribution in [0.1, 0.15) is 35.2 Å². The molecule has 1 atom stereocenters. The molecule has 0 aliphatic carbocycles. The molecule has 2 aromatic carbocycles. The van der Waals surface area contributed by atoms with Gasteiger partial charge in [0.15, 0.2) is 0 Å². The van der Waals surface area contributed by atoms with Crippen LogP contribution in [0.25, 0.3) is 10.9 Å². The van der Waals surface area contributed by atoms with Crippen LogP contribution in [0.4, 0.5) is 0 Å². The van der Waals surface area contributed by atoms with E-state index >= 15 is 0 Å². The maximum atomic E-state index is 6.02. The van der Waals surface area contributed by atoms with E-state index in [-0.39, 0.29) is 0 Å². The van der Waals surface area contributed by atoms with Crippen LogP contribution in [0.2, 0.25) is 5.02 Å². The number of benzene rings is 2. The van der Waals surface area contributed by atoms with E-state index in [2.05, 4.69) is 44.3 Å². The Kier molecular flexibility index (Phi) is 4.63. The molecule has 0 amide bonds. The lowest BCUT2D eigenvalue weighted by molar-refractivity contribution is 0.318. The number of halogens is 1. The van der Waals surface area contributed by atoms with Crippen molar-refractivity contribution in [3.05, 3.63) is 82.7 Å². The Morgan fingerprint density at radius 1 is 1.11 bits per heavy atom. The predicted molar refractivity (Wildman–Crippen MR) is 109 cm³/mol. The summed E-state index contributed by atoms with van der Waals surface area (Å²) in [6.07, 6.45) is 3.72. The van der Waals surface area contributed by atoms with Gasteiger partial charge in [0.1, 0.15) is 0 Å². The summed E-state index contributed by atoms with van der Waals surface area (Å²) in [5.74, 6) is 1.74. The summed E-state index contributed by atoms with van der Waals surface area (Å²) >= 11 is 5.97. The van der Waals surface area contributed by atoms with Gasteiger partial charge in [0.25, 0.3) is 0 Å².